The van der Waals surface area contributed by atoms with Crippen molar-refractivity contribution in [3.8, 4) is 0 Å². The number of carbonyl (C=O) groups excluding carboxylic acids is 2. The molecule has 1 aliphatic heterocycles. The highest BCUT2D eigenvalue weighted by Gasteiger charge is 2.29. The summed E-state index contributed by atoms with van der Waals surface area (Å²) in [6, 6.07) is 24.7. The summed E-state index contributed by atoms with van der Waals surface area (Å²) in [6.07, 6.45) is 0.727. The largest absolute Gasteiger partial charge is 0.355 e. The SMILES string of the molecule is O=C(CCCn1nnc2ccccc2c1=O)NCC(CN1Cc2ccccc2C1=O)c1ccccc1. The van der Waals surface area contributed by atoms with Gasteiger partial charge in [-0.25, -0.2) is 4.68 Å². The molecule has 3 aromatic carbocycles. The Morgan fingerprint density at radius 2 is 1.69 bits per heavy atom. The predicted molar refractivity (Wildman–Crippen MR) is 136 cm³/mol. The number of hydrogen-bond acceptors (Lipinski definition) is 5. The van der Waals surface area contributed by atoms with Gasteiger partial charge in [0, 0.05) is 44.1 Å². The van der Waals surface area contributed by atoms with E-state index in [0.717, 1.165) is 16.7 Å². The number of benzene rings is 3. The monoisotopic (exact) mass is 481 g/mol. The van der Waals surface area contributed by atoms with Gasteiger partial charge in [0.15, 0.2) is 0 Å². The van der Waals surface area contributed by atoms with Crippen LogP contribution in [0, 0.1) is 0 Å². The first-order chi connectivity index (χ1) is 17.6. The van der Waals surface area contributed by atoms with Crippen LogP contribution in [-0.4, -0.2) is 44.8 Å². The van der Waals surface area contributed by atoms with E-state index in [-0.39, 0.29) is 29.7 Å². The molecule has 0 saturated heterocycles. The van der Waals surface area contributed by atoms with Gasteiger partial charge < -0.3 is 10.2 Å². The molecule has 8 heteroatoms. The first kappa shape index (κ1) is 23.4. The number of amides is 2. The molecule has 2 amide bonds. The number of aryl methyl sites for hydroxylation is 1. The smallest absolute Gasteiger partial charge is 0.277 e. The Morgan fingerprint density at radius 1 is 0.944 bits per heavy atom. The van der Waals surface area contributed by atoms with Crippen molar-refractivity contribution in [1.29, 1.82) is 0 Å². The third-order valence-corrected chi connectivity index (χ3v) is 6.56. The molecule has 4 aromatic rings. The van der Waals surface area contributed by atoms with E-state index in [4.69, 9.17) is 0 Å². The van der Waals surface area contributed by atoms with Gasteiger partial charge in [0.05, 0.1) is 5.39 Å². The second kappa shape index (κ2) is 10.5. The van der Waals surface area contributed by atoms with Gasteiger partial charge in [0.1, 0.15) is 5.52 Å². The Balaban J connectivity index is 1.18. The van der Waals surface area contributed by atoms with E-state index in [1.807, 2.05) is 65.6 Å². The van der Waals surface area contributed by atoms with Crippen LogP contribution < -0.4 is 10.9 Å². The summed E-state index contributed by atoms with van der Waals surface area (Å²) in [7, 11) is 0. The van der Waals surface area contributed by atoms with E-state index in [1.165, 1.54) is 4.68 Å². The van der Waals surface area contributed by atoms with Crippen molar-refractivity contribution in [1.82, 2.24) is 25.2 Å². The number of hydrogen-bond donors (Lipinski definition) is 1. The molecule has 1 unspecified atom stereocenters. The van der Waals surface area contributed by atoms with Crippen LogP contribution in [0.3, 0.4) is 0 Å². The molecule has 5 rings (SSSR count). The first-order valence-electron chi connectivity index (χ1n) is 12.1. The van der Waals surface area contributed by atoms with E-state index >= 15 is 0 Å². The number of fused-ring (bicyclic) bond motifs is 2. The van der Waals surface area contributed by atoms with Gasteiger partial charge in [-0.2, -0.15) is 0 Å². The topological polar surface area (TPSA) is 97.2 Å². The molecular weight excluding hydrogens is 454 g/mol. The van der Waals surface area contributed by atoms with Gasteiger partial charge in [-0.05, 0) is 35.7 Å². The maximum atomic E-state index is 12.9. The molecule has 0 aliphatic carbocycles. The summed E-state index contributed by atoms with van der Waals surface area (Å²) in [5.41, 5.74) is 3.20. The van der Waals surface area contributed by atoms with Crippen LogP contribution in [0.5, 0.6) is 0 Å². The fraction of sp³-hybridized carbons (Fsp3) is 0.250. The van der Waals surface area contributed by atoms with E-state index in [2.05, 4.69) is 15.6 Å². The number of nitrogens with one attached hydrogen (secondary N) is 1. The van der Waals surface area contributed by atoms with Crippen molar-refractivity contribution < 1.29 is 9.59 Å². The molecule has 0 radical (unpaired) electrons. The van der Waals surface area contributed by atoms with Crippen LogP contribution in [0.4, 0.5) is 0 Å². The molecule has 36 heavy (non-hydrogen) atoms. The van der Waals surface area contributed by atoms with E-state index in [0.29, 0.717) is 43.5 Å². The number of nitrogens with zero attached hydrogens (tertiary/aromatic N) is 4. The average molecular weight is 482 g/mol. The normalized spacial score (nSPS) is 13.6. The minimum Gasteiger partial charge on any atom is -0.355 e. The molecule has 1 aromatic heterocycles. The van der Waals surface area contributed by atoms with Crippen LogP contribution in [0.25, 0.3) is 10.9 Å². The average Bonchev–Trinajstić information content (AvgIpc) is 3.23. The molecule has 0 fully saturated rings. The number of carbonyl (C=O) groups is 2. The third-order valence-electron chi connectivity index (χ3n) is 6.56. The van der Waals surface area contributed by atoms with Crippen molar-refractivity contribution in [2.45, 2.75) is 31.8 Å². The van der Waals surface area contributed by atoms with Crippen LogP contribution in [-0.2, 0) is 17.9 Å². The van der Waals surface area contributed by atoms with Crippen LogP contribution in [0.15, 0.2) is 83.7 Å². The Bertz CT molecular complexity index is 1450. The third kappa shape index (κ3) is 5.02. The van der Waals surface area contributed by atoms with Gasteiger partial charge in [0.25, 0.3) is 11.5 Å². The lowest BCUT2D eigenvalue weighted by molar-refractivity contribution is -0.121. The fourth-order valence-electron chi connectivity index (χ4n) is 4.63. The molecule has 182 valence electrons. The summed E-state index contributed by atoms with van der Waals surface area (Å²) in [4.78, 5) is 39.9. The van der Waals surface area contributed by atoms with Crippen molar-refractivity contribution in [3.63, 3.8) is 0 Å². The molecule has 2 heterocycles. The first-order valence-corrected chi connectivity index (χ1v) is 12.1. The van der Waals surface area contributed by atoms with E-state index < -0.39 is 0 Å². The lowest BCUT2D eigenvalue weighted by Gasteiger charge is -2.24. The van der Waals surface area contributed by atoms with Gasteiger partial charge in [-0.3, -0.25) is 14.4 Å². The lowest BCUT2D eigenvalue weighted by atomic mass is 9.98. The summed E-state index contributed by atoms with van der Waals surface area (Å²) in [5.74, 6) is -0.115. The highest BCUT2D eigenvalue weighted by Crippen LogP contribution is 2.26. The Labute approximate surface area is 208 Å². The summed E-state index contributed by atoms with van der Waals surface area (Å²) >= 11 is 0. The Morgan fingerprint density at radius 3 is 2.53 bits per heavy atom. The van der Waals surface area contributed by atoms with Crippen LogP contribution in [0.2, 0.25) is 0 Å². The summed E-state index contributed by atoms with van der Waals surface area (Å²) < 4.78 is 1.30. The summed E-state index contributed by atoms with van der Waals surface area (Å²) in [6.45, 7) is 1.82. The molecular formula is C28H27N5O3. The maximum Gasteiger partial charge on any atom is 0.277 e. The molecule has 0 bridgehead atoms. The summed E-state index contributed by atoms with van der Waals surface area (Å²) in [5, 5.41) is 11.6. The Hall–Kier alpha value is -4.33. The fourth-order valence-corrected chi connectivity index (χ4v) is 4.63. The highest BCUT2D eigenvalue weighted by molar-refractivity contribution is 5.98. The number of rotatable bonds is 9. The zero-order chi connectivity index (χ0) is 24.9. The highest BCUT2D eigenvalue weighted by atomic mass is 16.2. The van der Waals surface area contributed by atoms with Crippen molar-refractivity contribution >= 4 is 22.7 Å². The molecule has 1 atom stereocenters. The minimum atomic E-state index is -0.207. The zero-order valence-electron chi connectivity index (χ0n) is 19.8. The van der Waals surface area contributed by atoms with Crippen molar-refractivity contribution in [3.05, 3.63) is 106 Å². The zero-order valence-corrected chi connectivity index (χ0v) is 19.8. The minimum absolute atomic E-state index is 0.0276. The molecule has 0 spiro atoms. The molecule has 0 saturated carbocycles. The second-order valence-electron chi connectivity index (χ2n) is 8.99. The molecule has 1 N–H and O–H groups in total. The standard InChI is InChI=1S/C28H27N5O3/c34-26(15-8-16-33-28(36)24-13-6-7-14-25(24)30-31-33)29-17-22(20-9-2-1-3-10-20)19-32-18-21-11-4-5-12-23(21)27(32)35/h1-7,9-14,22H,8,15-19H2,(H,29,34). The van der Waals surface area contributed by atoms with Gasteiger partial charge in [0.2, 0.25) is 5.91 Å². The lowest BCUT2D eigenvalue weighted by Crippen LogP contribution is -2.36. The van der Waals surface area contributed by atoms with E-state index in [1.54, 1.807) is 18.2 Å². The van der Waals surface area contributed by atoms with Crippen molar-refractivity contribution in [2.24, 2.45) is 0 Å². The van der Waals surface area contributed by atoms with Crippen LogP contribution in [0.1, 0.15) is 40.2 Å². The molecule has 8 nitrogen and oxygen atoms in total. The molecule has 1 aliphatic rings. The van der Waals surface area contributed by atoms with Gasteiger partial charge in [-0.15, -0.1) is 5.10 Å². The van der Waals surface area contributed by atoms with Crippen molar-refractivity contribution in [2.75, 3.05) is 13.1 Å². The predicted octanol–water partition coefficient (Wildman–Crippen LogP) is 3.13. The van der Waals surface area contributed by atoms with Crippen LogP contribution >= 0.6 is 0 Å². The Kier molecular flexibility index (Phi) is 6.84. The quantitative estimate of drug-likeness (QED) is 0.396. The van der Waals surface area contributed by atoms with Gasteiger partial charge in [-0.1, -0.05) is 65.9 Å². The maximum absolute atomic E-state index is 12.9. The van der Waals surface area contributed by atoms with Gasteiger partial charge >= 0.3 is 0 Å². The number of aromatic nitrogens is 3. The van der Waals surface area contributed by atoms with E-state index in [9.17, 15) is 14.4 Å². The second-order valence-corrected chi connectivity index (χ2v) is 8.99.